The van der Waals surface area contributed by atoms with E-state index in [0.29, 0.717) is 12.1 Å². The zero-order valence-corrected chi connectivity index (χ0v) is 13.5. The first-order valence-electron chi connectivity index (χ1n) is 6.99. The van der Waals surface area contributed by atoms with E-state index in [0.717, 1.165) is 24.3 Å². The molecule has 2 aromatic rings. The highest BCUT2D eigenvalue weighted by molar-refractivity contribution is 7.92. The molecule has 0 radical (unpaired) electrons. The number of nitro benzene ring substituents is 1. The molecular formula is C15H15N3O5S. The number of amides is 1. The molecule has 0 unspecified atom stereocenters. The Hall–Kier alpha value is -2.94. The van der Waals surface area contributed by atoms with Gasteiger partial charge < -0.3 is 5.32 Å². The number of carbonyl (C=O) groups excluding carboxylic acids is 1. The molecule has 0 aliphatic heterocycles. The fourth-order valence-corrected chi connectivity index (χ4v) is 2.92. The standard InChI is InChI=1S/C15H15N3O5S/c1-2-15(19)16-11-4-3-5-12(10-11)17-24(22,23)14-8-6-13(7-9-14)18(20)21/h3-10,17H,2H2,1H3,(H,16,19). The summed E-state index contributed by atoms with van der Waals surface area (Å²) < 4.78 is 27.0. The van der Waals surface area contributed by atoms with Crippen LogP contribution >= 0.6 is 0 Å². The minimum absolute atomic E-state index is 0.101. The molecule has 2 rings (SSSR count). The maximum absolute atomic E-state index is 12.3. The predicted molar refractivity (Wildman–Crippen MR) is 89.3 cm³/mol. The van der Waals surface area contributed by atoms with Gasteiger partial charge in [0.15, 0.2) is 0 Å². The van der Waals surface area contributed by atoms with Crippen LogP contribution in [-0.4, -0.2) is 19.2 Å². The van der Waals surface area contributed by atoms with Crippen molar-refractivity contribution in [1.29, 1.82) is 0 Å². The lowest BCUT2D eigenvalue weighted by atomic mass is 10.3. The molecule has 0 saturated carbocycles. The molecule has 1 amide bonds. The smallest absolute Gasteiger partial charge is 0.269 e. The summed E-state index contributed by atoms with van der Waals surface area (Å²) in [5, 5.41) is 13.2. The van der Waals surface area contributed by atoms with Crippen molar-refractivity contribution in [3.63, 3.8) is 0 Å². The third kappa shape index (κ3) is 4.29. The molecule has 24 heavy (non-hydrogen) atoms. The third-order valence-electron chi connectivity index (χ3n) is 3.08. The molecule has 0 spiro atoms. The summed E-state index contributed by atoms with van der Waals surface area (Å²) in [6, 6.07) is 10.8. The summed E-state index contributed by atoms with van der Waals surface area (Å²) in [5.74, 6) is -0.189. The van der Waals surface area contributed by atoms with Crippen molar-refractivity contribution in [3.05, 3.63) is 58.6 Å². The van der Waals surface area contributed by atoms with Gasteiger partial charge in [-0.2, -0.15) is 0 Å². The highest BCUT2D eigenvalue weighted by atomic mass is 32.2. The molecule has 0 bridgehead atoms. The highest BCUT2D eigenvalue weighted by Crippen LogP contribution is 2.21. The van der Waals surface area contributed by atoms with E-state index in [2.05, 4.69) is 10.0 Å². The summed E-state index contributed by atoms with van der Waals surface area (Å²) in [6.07, 6.45) is 0.304. The summed E-state index contributed by atoms with van der Waals surface area (Å²) >= 11 is 0. The van der Waals surface area contributed by atoms with Crippen molar-refractivity contribution < 1.29 is 18.1 Å². The number of anilines is 2. The number of benzene rings is 2. The van der Waals surface area contributed by atoms with Gasteiger partial charge in [-0.15, -0.1) is 0 Å². The molecule has 0 aliphatic rings. The number of nitrogens with zero attached hydrogens (tertiary/aromatic N) is 1. The minimum atomic E-state index is -3.89. The fourth-order valence-electron chi connectivity index (χ4n) is 1.87. The first-order chi connectivity index (χ1) is 11.3. The van der Waals surface area contributed by atoms with Crippen molar-refractivity contribution in [2.24, 2.45) is 0 Å². The van der Waals surface area contributed by atoms with Gasteiger partial charge in [-0.3, -0.25) is 19.6 Å². The highest BCUT2D eigenvalue weighted by Gasteiger charge is 2.16. The number of hydrogen-bond acceptors (Lipinski definition) is 5. The number of carbonyl (C=O) groups is 1. The van der Waals surface area contributed by atoms with E-state index < -0.39 is 14.9 Å². The van der Waals surface area contributed by atoms with Crippen LogP contribution in [0, 0.1) is 10.1 Å². The number of rotatable bonds is 6. The maximum atomic E-state index is 12.3. The molecule has 0 aliphatic carbocycles. The Labute approximate surface area is 138 Å². The van der Waals surface area contributed by atoms with Crippen LogP contribution in [0.25, 0.3) is 0 Å². The van der Waals surface area contributed by atoms with Gasteiger partial charge in [-0.05, 0) is 30.3 Å². The van der Waals surface area contributed by atoms with Gasteiger partial charge in [0.2, 0.25) is 5.91 Å². The Morgan fingerprint density at radius 3 is 2.33 bits per heavy atom. The van der Waals surface area contributed by atoms with Crippen LogP contribution in [0.2, 0.25) is 0 Å². The van der Waals surface area contributed by atoms with Crippen molar-refractivity contribution in [3.8, 4) is 0 Å². The second-order valence-corrected chi connectivity index (χ2v) is 6.52. The Morgan fingerprint density at radius 2 is 1.75 bits per heavy atom. The SMILES string of the molecule is CCC(=O)Nc1cccc(NS(=O)(=O)c2ccc([N+](=O)[O-])cc2)c1. The van der Waals surface area contributed by atoms with Gasteiger partial charge >= 0.3 is 0 Å². The second-order valence-electron chi connectivity index (χ2n) is 4.84. The lowest BCUT2D eigenvalue weighted by molar-refractivity contribution is -0.384. The van der Waals surface area contributed by atoms with Gasteiger partial charge in [0.05, 0.1) is 15.5 Å². The van der Waals surface area contributed by atoms with E-state index in [1.165, 1.54) is 12.1 Å². The van der Waals surface area contributed by atoms with Gasteiger partial charge in [0, 0.05) is 24.2 Å². The molecule has 2 aromatic carbocycles. The maximum Gasteiger partial charge on any atom is 0.269 e. The second kappa shape index (κ2) is 7.09. The molecule has 0 saturated heterocycles. The van der Waals surface area contributed by atoms with Crippen molar-refractivity contribution in [1.82, 2.24) is 0 Å². The average Bonchev–Trinajstić information content (AvgIpc) is 2.54. The fraction of sp³-hybridized carbons (Fsp3) is 0.133. The van der Waals surface area contributed by atoms with Crippen LogP contribution in [0.1, 0.15) is 13.3 Å². The minimum Gasteiger partial charge on any atom is -0.326 e. The van der Waals surface area contributed by atoms with Crippen LogP contribution in [0.15, 0.2) is 53.4 Å². The number of hydrogen-bond donors (Lipinski definition) is 2. The lowest BCUT2D eigenvalue weighted by Crippen LogP contribution is -2.14. The van der Waals surface area contributed by atoms with E-state index >= 15 is 0 Å². The molecule has 0 heterocycles. The van der Waals surface area contributed by atoms with Gasteiger partial charge in [-0.1, -0.05) is 13.0 Å². The van der Waals surface area contributed by atoms with E-state index in [1.54, 1.807) is 19.1 Å². The van der Waals surface area contributed by atoms with Crippen LogP contribution in [0.3, 0.4) is 0 Å². The number of non-ortho nitro benzene ring substituents is 1. The average molecular weight is 349 g/mol. The van der Waals surface area contributed by atoms with Crippen LogP contribution in [-0.2, 0) is 14.8 Å². The van der Waals surface area contributed by atoms with Crippen LogP contribution < -0.4 is 10.0 Å². The Balaban J connectivity index is 2.21. The monoisotopic (exact) mass is 349 g/mol. The normalized spacial score (nSPS) is 10.9. The van der Waals surface area contributed by atoms with E-state index in [-0.39, 0.29) is 22.2 Å². The Morgan fingerprint density at radius 1 is 1.12 bits per heavy atom. The van der Waals surface area contributed by atoms with Gasteiger partial charge in [0.1, 0.15) is 0 Å². The molecule has 8 nitrogen and oxygen atoms in total. The summed E-state index contributed by atoms with van der Waals surface area (Å²) in [6.45, 7) is 1.70. The summed E-state index contributed by atoms with van der Waals surface area (Å²) in [4.78, 5) is 21.3. The number of nitrogens with one attached hydrogen (secondary N) is 2. The molecular weight excluding hydrogens is 334 g/mol. The Kier molecular flexibility index (Phi) is 5.14. The molecule has 126 valence electrons. The van der Waals surface area contributed by atoms with Crippen LogP contribution in [0.4, 0.5) is 17.1 Å². The van der Waals surface area contributed by atoms with E-state index in [1.807, 2.05) is 0 Å². The van der Waals surface area contributed by atoms with E-state index in [4.69, 9.17) is 0 Å². The van der Waals surface area contributed by atoms with E-state index in [9.17, 15) is 23.3 Å². The molecule has 0 atom stereocenters. The quantitative estimate of drug-likeness (QED) is 0.614. The summed E-state index contributed by atoms with van der Waals surface area (Å²) in [7, 11) is -3.89. The zero-order chi connectivity index (χ0) is 17.7. The molecule has 2 N–H and O–H groups in total. The van der Waals surface area contributed by atoms with Crippen molar-refractivity contribution >= 4 is 33.0 Å². The third-order valence-corrected chi connectivity index (χ3v) is 4.47. The summed E-state index contributed by atoms with van der Waals surface area (Å²) in [5.41, 5.74) is 0.534. The molecule has 0 aromatic heterocycles. The lowest BCUT2D eigenvalue weighted by Gasteiger charge is -2.10. The first kappa shape index (κ1) is 17.4. The van der Waals surface area contributed by atoms with Crippen molar-refractivity contribution in [2.45, 2.75) is 18.2 Å². The number of sulfonamides is 1. The largest absolute Gasteiger partial charge is 0.326 e. The van der Waals surface area contributed by atoms with Crippen LogP contribution in [0.5, 0.6) is 0 Å². The molecule has 0 fully saturated rings. The topological polar surface area (TPSA) is 118 Å². The number of nitro groups is 1. The van der Waals surface area contributed by atoms with Crippen molar-refractivity contribution in [2.75, 3.05) is 10.0 Å². The predicted octanol–water partition coefficient (Wildman–Crippen LogP) is 2.74. The van der Waals surface area contributed by atoms with Gasteiger partial charge in [-0.25, -0.2) is 8.42 Å². The molecule has 9 heteroatoms. The zero-order valence-electron chi connectivity index (χ0n) is 12.7. The van der Waals surface area contributed by atoms with Gasteiger partial charge in [0.25, 0.3) is 15.7 Å². The first-order valence-corrected chi connectivity index (χ1v) is 8.47. The Bertz CT molecular complexity index is 863.